The highest BCUT2D eigenvalue weighted by Crippen LogP contribution is 2.33. The van der Waals surface area contributed by atoms with Gasteiger partial charge in [-0.3, -0.25) is 0 Å². The lowest BCUT2D eigenvalue weighted by Crippen LogP contribution is -2.25. The van der Waals surface area contributed by atoms with Crippen LogP contribution in [0.5, 0.6) is 0 Å². The predicted octanol–water partition coefficient (Wildman–Crippen LogP) is 4.64. The Morgan fingerprint density at radius 3 is 3.11 bits per heavy atom. The van der Waals surface area contributed by atoms with Gasteiger partial charge in [-0.2, -0.15) is 11.8 Å². The second-order valence-electron chi connectivity index (χ2n) is 5.11. The molecule has 0 saturated heterocycles. The van der Waals surface area contributed by atoms with E-state index in [1.807, 2.05) is 23.1 Å². The zero-order valence-electron chi connectivity index (χ0n) is 11.4. The highest BCUT2D eigenvalue weighted by molar-refractivity contribution is 7.98. The summed E-state index contributed by atoms with van der Waals surface area (Å²) >= 11 is 3.91. The van der Waals surface area contributed by atoms with Crippen LogP contribution < -0.4 is 5.32 Å². The van der Waals surface area contributed by atoms with Gasteiger partial charge < -0.3 is 5.32 Å². The summed E-state index contributed by atoms with van der Waals surface area (Å²) in [6, 6.07) is 2.97. The summed E-state index contributed by atoms with van der Waals surface area (Å²) in [4.78, 5) is 1.62. The van der Waals surface area contributed by atoms with Gasteiger partial charge in [0.2, 0.25) is 0 Å². The predicted molar refractivity (Wildman–Crippen MR) is 84.9 cm³/mol. The van der Waals surface area contributed by atoms with E-state index in [2.05, 4.69) is 23.0 Å². The molecular formula is C15H25NS2. The summed E-state index contributed by atoms with van der Waals surface area (Å²) in [5.74, 6) is 1.33. The van der Waals surface area contributed by atoms with Crippen LogP contribution in [0, 0.1) is 0 Å². The monoisotopic (exact) mass is 283 g/mol. The fourth-order valence-electron chi connectivity index (χ4n) is 2.70. The Morgan fingerprint density at radius 2 is 2.22 bits per heavy atom. The van der Waals surface area contributed by atoms with Crippen LogP contribution in [0.3, 0.4) is 0 Å². The maximum Gasteiger partial charge on any atom is 0.0331 e. The Labute approximate surface area is 120 Å². The first-order valence-electron chi connectivity index (χ1n) is 7.20. The van der Waals surface area contributed by atoms with Crippen molar-refractivity contribution in [1.29, 1.82) is 0 Å². The van der Waals surface area contributed by atoms with Gasteiger partial charge in [0.1, 0.15) is 0 Å². The molecule has 0 amide bonds. The van der Waals surface area contributed by atoms with E-state index in [9.17, 15) is 0 Å². The van der Waals surface area contributed by atoms with Crippen LogP contribution in [0.25, 0.3) is 0 Å². The first-order valence-corrected chi connectivity index (χ1v) is 9.47. The highest BCUT2D eigenvalue weighted by Gasteiger charge is 2.19. The number of nitrogens with one attached hydrogen (secondary N) is 1. The smallest absolute Gasteiger partial charge is 0.0331 e. The van der Waals surface area contributed by atoms with Gasteiger partial charge in [-0.05, 0) is 67.7 Å². The van der Waals surface area contributed by atoms with Crippen molar-refractivity contribution < 1.29 is 0 Å². The molecule has 0 radical (unpaired) electrons. The zero-order chi connectivity index (χ0) is 12.6. The molecule has 1 nitrogen and oxygen atoms in total. The Hall–Kier alpha value is 0.0100. The molecule has 0 saturated carbocycles. The fourth-order valence-corrected chi connectivity index (χ4v) is 4.18. The maximum atomic E-state index is 3.76. The quantitative estimate of drug-likeness (QED) is 0.698. The Bertz CT molecular complexity index is 335. The van der Waals surface area contributed by atoms with Gasteiger partial charge in [-0.25, -0.2) is 0 Å². The van der Waals surface area contributed by atoms with Gasteiger partial charge in [-0.15, -0.1) is 11.3 Å². The lowest BCUT2D eigenvalue weighted by molar-refractivity contribution is 0.453. The Kier molecular flexibility index (Phi) is 6.60. The number of hydrogen-bond acceptors (Lipinski definition) is 3. The van der Waals surface area contributed by atoms with Gasteiger partial charge in [0.15, 0.2) is 0 Å². The van der Waals surface area contributed by atoms with Crippen molar-refractivity contribution in [3.8, 4) is 0 Å². The van der Waals surface area contributed by atoms with Crippen molar-refractivity contribution in [2.24, 2.45) is 0 Å². The van der Waals surface area contributed by atoms with Gasteiger partial charge >= 0.3 is 0 Å². The molecule has 1 atom stereocenters. The number of rotatable bonds is 8. The lowest BCUT2D eigenvalue weighted by atomic mass is 9.94. The van der Waals surface area contributed by atoms with Crippen LogP contribution in [0.15, 0.2) is 11.4 Å². The molecule has 1 heterocycles. The van der Waals surface area contributed by atoms with Crippen molar-refractivity contribution in [2.75, 3.05) is 18.6 Å². The lowest BCUT2D eigenvalue weighted by Gasteiger charge is -2.23. The third kappa shape index (κ3) is 4.29. The van der Waals surface area contributed by atoms with Crippen molar-refractivity contribution in [1.82, 2.24) is 5.32 Å². The number of thiophene rings is 1. The number of aryl methyl sites for hydroxylation is 1. The van der Waals surface area contributed by atoms with Crippen LogP contribution in [-0.2, 0) is 6.42 Å². The molecule has 1 aliphatic rings. The summed E-state index contributed by atoms with van der Waals surface area (Å²) in [7, 11) is 0. The molecule has 0 aromatic carbocycles. The molecule has 1 unspecified atom stereocenters. The molecule has 1 N–H and O–H groups in total. The summed E-state index contributed by atoms with van der Waals surface area (Å²) in [5, 5.41) is 6.01. The van der Waals surface area contributed by atoms with E-state index in [-0.39, 0.29) is 0 Å². The van der Waals surface area contributed by atoms with Gasteiger partial charge in [0.25, 0.3) is 0 Å². The van der Waals surface area contributed by atoms with E-state index >= 15 is 0 Å². The molecule has 1 aromatic heterocycles. The Morgan fingerprint density at radius 1 is 1.33 bits per heavy atom. The standard InChI is InChI=1S/C15H25NS2/c1-17-11-5-3-2-4-10-16-14-7-6-8-15-13(14)9-12-18-15/h9,12,14,16H,2-8,10-11H2,1H3. The zero-order valence-corrected chi connectivity index (χ0v) is 13.0. The molecule has 0 aliphatic heterocycles. The van der Waals surface area contributed by atoms with E-state index in [1.54, 1.807) is 10.4 Å². The molecule has 1 aliphatic carbocycles. The minimum absolute atomic E-state index is 0.645. The van der Waals surface area contributed by atoms with Crippen molar-refractivity contribution >= 4 is 23.1 Å². The molecule has 1 aromatic rings. The molecular weight excluding hydrogens is 258 g/mol. The summed E-state index contributed by atoms with van der Waals surface area (Å²) in [6.07, 6.45) is 11.7. The van der Waals surface area contributed by atoms with Crippen molar-refractivity contribution in [3.63, 3.8) is 0 Å². The highest BCUT2D eigenvalue weighted by atomic mass is 32.2. The first-order chi connectivity index (χ1) is 8.92. The number of thioether (sulfide) groups is 1. The van der Waals surface area contributed by atoms with Crippen molar-refractivity contribution in [2.45, 2.75) is 51.0 Å². The Balaban J connectivity index is 1.60. The van der Waals surface area contributed by atoms with E-state index in [1.165, 1.54) is 57.2 Å². The molecule has 0 fully saturated rings. The third-order valence-corrected chi connectivity index (χ3v) is 5.41. The van der Waals surface area contributed by atoms with E-state index in [0.717, 1.165) is 0 Å². The second-order valence-corrected chi connectivity index (χ2v) is 7.09. The third-order valence-electron chi connectivity index (χ3n) is 3.72. The van der Waals surface area contributed by atoms with Crippen LogP contribution in [0.2, 0.25) is 0 Å². The molecule has 3 heteroatoms. The van der Waals surface area contributed by atoms with Gasteiger partial charge in [0.05, 0.1) is 0 Å². The maximum absolute atomic E-state index is 3.76. The minimum Gasteiger partial charge on any atom is -0.310 e. The molecule has 2 rings (SSSR count). The summed E-state index contributed by atoms with van der Waals surface area (Å²) in [6.45, 7) is 1.19. The van der Waals surface area contributed by atoms with Crippen LogP contribution in [0.1, 0.15) is 55.0 Å². The molecule has 102 valence electrons. The number of fused-ring (bicyclic) bond motifs is 1. The number of hydrogen-bond donors (Lipinski definition) is 1. The summed E-state index contributed by atoms with van der Waals surface area (Å²) in [5.41, 5.74) is 1.59. The van der Waals surface area contributed by atoms with Crippen LogP contribution in [0.4, 0.5) is 0 Å². The van der Waals surface area contributed by atoms with Crippen molar-refractivity contribution in [3.05, 3.63) is 21.9 Å². The molecule has 0 bridgehead atoms. The topological polar surface area (TPSA) is 12.0 Å². The average Bonchev–Trinajstić information content (AvgIpc) is 2.86. The molecule has 18 heavy (non-hydrogen) atoms. The van der Waals surface area contributed by atoms with Crippen LogP contribution >= 0.6 is 23.1 Å². The average molecular weight is 284 g/mol. The summed E-state index contributed by atoms with van der Waals surface area (Å²) < 4.78 is 0. The largest absolute Gasteiger partial charge is 0.310 e. The molecule has 0 spiro atoms. The van der Waals surface area contributed by atoms with E-state index < -0.39 is 0 Å². The second kappa shape index (κ2) is 8.23. The van der Waals surface area contributed by atoms with E-state index in [0.29, 0.717) is 6.04 Å². The number of unbranched alkanes of at least 4 members (excludes halogenated alkanes) is 3. The minimum atomic E-state index is 0.645. The fraction of sp³-hybridized carbons (Fsp3) is 0.733. The van der Waals surface area contributed by atoms with E-state index in [4.69, 9.17) is 0 Å². The van der Waals surface area contributed by atoms with Gasteiger partial charge in [0, 0.05) is 10.9 Å². The first kappa shape index (κ1) is 14.4. The van der Waals surface area contributed by atoms with Crippen LogP contribution in [-0.4, -0.2) is 18.6 Å². The van der Waals surface area contributed by atoms with Gasteiger partial charge in [-0.1, -0.05) is 12.8 Å². The normalized spacial score (nSPS) is 18.8. The SMILES string of the molecule is CSCCCCCCNC1CCCc2sccc21.